The highest BCUT2D eigenvalue weighted by Crippen LogP contribution is 2.37. The van der Waals surface area contributed by atoms with Crippen molar-refractivity contribution in [2.24, 2.45) is 0 Å². The van der Waals surface area contributed by atoms with E-state index < -0.39 is 0 Å². The predicted octanol–water partition coefficient (Wildman–Crippen LogP) is 4.70. The van der Waals surface area contributed by atoms with Crippen LogP contribution >= 0.6 is 11.6 Å². The van der Waals surface area contributed by atoms with E-state index in [1.165, 1.54) is 0 Å². The molecule has 2 rings (SSSR count). The van der Waals surface area contributed by atoms with Crippen LogP contribution in [0.4, 0.5) is 0 Å². The van der Waals surface area contributed by atoms with Crippen LogP contribution in [0.5, 0.6) is 11.5 Å². The zero-order valence-corrected chi connectivity index (χ0v) is 12.8. The molecule has 106 valence electrons. The van der Waals surface area contributed by atoms with E-state index in [9.17, 15) is 0 Å². The third-order valence-electron chi connectivity index (χ3n) is 3.45. The minimum Gasteiger partial charge on any atom is -0.493 e. The summed E-state index contributed by atoms with van der Waals surface area (Å²) in [5.74, 6) is 1.85. The van der Waals surface area contributed by atoms with E-state index in [0.29, 0.717) is 5.92 Å². The second-order valence-corrected chi connectivity index (χ2v) is 5.19. The van der Waals surface area contributed by atoms with E-state index in [0.717, 1.165) is 34.1 Å². The monoisotopic (exact) mass is 290 g/mol. The quantitative estimate of drug-likeness (QED) is 0.794. The van der Waals surface area contributed by atoms with Gasteiger partial charge in [-0.1, -0.05) is 48.9 Å². The van der Waals surface area contributed by atoms with Crippen LogP contribution in [0.2, 0.25) is 5.02 Å². The van der Waals surface area contributed by atoms with Crippen LogP contribution < -0.4 is 9.47 Å². The van der Waals surface area contributed by atoms with Crippen molar-refractivity contribution >= 4 is 11.6 Å². The van der Waals surface area contributed by atoms with Crippen molar-refractivity contribution in [1.82, 2.24) is 0 Å². The summed E-state index contributed by atoms with van der Waals surface area (Å²) in [4.78, 5) is 0. The number of rotatable bonds is 5. The van der Waals surface area contributed by atoms with Crippen molar-refractivity contribution in [3.8, 4) is 11.5 Å². The summed E-state index contributed by atoms with van der Waals surface area (Å²) in [5, 5.41) is 0.807. The van der Waals surface area contributed by atoms with Gasteiger partial charge in [0.1, 0.15) is 0 Å². The van der Waals surface area contributed by atoms with E-state index in [1.54, 1.807) is 14.2 Å². The maximum Gasteiger partial charge on any atom is 0.164 e. The summed E-state index contributed by atoms with van der Waals surface area (Å²) >= 11 is 6.23. The molecule has 2 aromatic carbocycles. The summed E-state index contributed by atoms with van der Waals surface area (Å²) < 4.78 is 10.8. The minimum absolute atomic E-state index is 0.292. The fourth-order valence-corrected chi connectivity index (χ4v) is 2.62. The molecular weight excluding hydrogens is 272 g/mol. The maximum absolute atomic E-state index is 6.23. The Morgan fingerprint density at radius 1 is 1.00 bits per heavy atom. The molecule has 20 heavy (non-hydrogen) atoms. The van der Waals surface area contributed by atoms with Crippen molar-refractivity contribution in [2.75, 3.05) is 14.2 Å². The first-order chi connectivity index (χ1) is 9.67. The van der Waals surface area contributed by atoms with Gasteiger partial charge < -0.3 is 9.47 Å². The summed E-state index contributed by atoms with van der Waals surface area (Å²) in [6, 6.07) is 13.9. The van der Waals surface area contributed by atoms with Crippen LogP contribution in [0.1, 0.15) is 24.0 Å². The molecule has 0 aromatic heterocycles. The summed E-state index contributed by atoms with van der Waals surface area (Å²) in [7, 11) is 3.32. The fraction of sp³-hybridized carbons (Fsp3) is 0.294. The lowest BCUT2D eigenvalue weighted by Crippen LogP contribution is -2.03. The Kier molecular flexibility index (Phi) is 4.91. The topological polar surface area (TPSA) is 18.5 Å². The van der Waals surface area contributed by atoms with Gasteiger partial charge >= 0.3 is 0 Å². The molecule has 0 bridgehead atoms. The van der Waals surface area contributed by atoms with Gasteiger partial charge in [0.05, 0.1) is 14.2 Å². The van der Waals surface area contributed by atoms with Crippen molar-refractivity contribution in [3.05, 3.63) is 58.6 Å². The molecule has 0 saturated carbocycles. The molecule has 0 fully saturated rings. The van der Waals surface area contributed by atoms with Crippen LogP contribution in [0.3, 0.4) is 0 Å². The lowest BCUT2D eigenvalue weighted by atomic mass is 9.92. The van der Waals surface area contributed by atoms with Gasteiger partial charge in [-0.2, -0.15) is 0 Å². The van der Waals surface area contributed by atoms with Crippen molar-refractivity contribution in [2.45, 2.75) is 19.3 Å². The molecule has 0 aliphatic rings. The number of methoxy groups -OCH3 is 2. The number of halogens is 1. The first-order valence-electron chi connectivity index (χ1n) is 6.61. The number of hydrogen-bond acceptors (Lipinski definition) is 2. The molecule has 0 N–H and O–H groups in total. The number of ether oxygens (including phenoxy) is 2. The Balaban J connectivity index is 2.30. The molecule has 0 heterocycles. The summed E-state index contributed by atoms with van der Waals surface area (Å²) in [6.07, 6.45) is 0.864. The molecule has 2 nitrogen and oxygen atoms in total. The molecule has 0 aliphatic carbocycles. The zero-order chi connectivity index (χ0) is 14.5. The average Bonchev–Trinajstić information content (AvgIpc) is 2.48. The maximum atomic E-state index is 6.23. The molecule has 1 atom stereocenters. The Bertz CT molecular complexity index is 581. The van der Waals surface area contributed by atoms with Crippen LogP contribution in [-0.4, -0.2) is 14.2 Å². The van der Waals surface area contributed by atoms with E-state index in [2.05, 4.69) is 19.1 Å². The second kappa shape index (κ2) is 6.67. The van der Waals surface area contributed by atoms with Gasteiger partial charge in [0, 0.05) is 10.6 Å². The van der Waals surface area contributed by atoms with E-state index in [-0.39, 0.29) is 0 Å². The van der Waals surface area contributed by atoms with E-state index in [1.807, 2.05) is 30.3 Å². The third-order valence-corrected chi connectivity index (χ3v) is 3.82. The normalized spacial score (nSPS) is 12.0. The Labute approximate surface area is 125 Å². The molecule has 0 amide bonds. The summed E-state index contributed by atoms with van der Waals surface area (Å²) in [6.45, 7) is 2.17. The van der Waals surface area contributed by atoms with Gasteiger partial charge in [0.2, 0.25) is 0 Å². The highest BCUT2D eigenvalue weighted by molar-refractivity contribution is 6.31. The zero-order valence-electron chi connectivity index (χ0n) is 12.0. The highest BCUT2D eigenvalue weighted by Gasteiger charge is 2.16. The lowest BCUT2D eigenvalue weighted by molar-refractivity contribution is 0.350. The largest absolute Gasteiger partial charge is 0.493 e. The molecule has 1 unspecified atom stereocenters. The third kappa shape index (κ3) is 3.07. The first kappa shape index (κ1) is 14.7. The Morgan fingerprint density at radius 2 is 1.75 bits per heavy atom. The average molecular weight is 291 g/mol. The van der Waals surface area contributed by atoms with E-state index in [4.69, 9.17) is 21.1 Å². The van der Waals surface area contributed by atoms with Crippen LogP contribution in [0, 0.1) is 0 Å². The van der Waals surface area contributed by atoms with Crippen molar-refractivity contribution < 1.29 is 9.47 Å². The van der Waals surface area contributed by atoms with Crippen molar-refractivity contribution in [1.29, 1.82) is 0 Å². The number of para-hydroxylation sites is 1. The molecular formula is C17H19ClO2. The van der Waals surface area contributed by atoms with Crippen LogP contribution in [0.15, 0.2) is 42.5 Å². The van der Waals surface area contributed by atoms with Gasteiger partial charge in [0.15, 0.2) is 11.5 Å². The SMILES string of the molecule is COc1cccc(C(C)Cc2ccccc2Cl)c1OC. The van der Waals surface area contributed by atoms with Crippen molar-refractivity contribution in [3.63, 3.8) is 0 Å². The van der Waals surface area contributed by atoms with Gasteiger partial charge in [-0.05, 0) is 30.0 Å². The predicted molar refractivity (Wildman–Crippen MR) is 83.1 cm³/mol. The molecule has 0 spiro atoms. The molecule has 0 aliphatic heterocycles. The van der Waals surface area contributed by atoms with Gasteiger partial charge in [-0.15, -0.1) is 0 Å². The van der Waals surface area contributed by atoms with Gasteiger partial charge in [-0.3, -0.25) is 0 Å². The smallest absolute Gasteiger partial charge is 0.164 e. The highest BCUT2D eigenvalue weighted by atomic mass is 35.5. The Morgan fingerprint density at radius 3 is 2.40 bits per heavy atom. The molecule has 2 aromatic rings. The second-order valence-electron chi connectivity index (χ2n) is 4.78. The lowest BCUT2D eigenvalue weighted by Gasteiger charge is -2.18. The number of benzene rings is 2. The van der Waals surface area contributed by atoms with Crippen LogP contribution in [0.25, 0.3) is 0 Å². The van der Waals surface area contributed by atoms with Crippen LogP contribution in [-0.2, 0) is 6.42 Å². The standard InChI is InChI=1S/C17H19ClO2/c1-12(11-13-7-4-5-9-15(13)18)14-8-6-10-16(19-2)17(14)20-3/h4-10,12H,11H2,1-3H3. The van der Waals surface area contributed by atoms with Gasteiger partial charge in [0.25, 0.3) is 0 Å². The van der Waals surface area contributed by atoms with Gasteiger partial charge in [-0.25, -0.2) is 0 Å². The molecule has 3 heteroatoms. The summed E-state index contributed by atoms with van der Waals surface area (Å²) in [5.41, 5.74) is 2.28. The van der Waals surface area contributed by atoms with E-state index >= 15 is 0 Å². The molecule has 0 saturated heterocycles. The Hall–Kier alpha value is -1.67. The first-order valence-corrected chi connectivity index (χ1v) is 6.99. The minimum atomic E-state index is 0.292. The number of hydrogen-bond donors (Lipinski definition) is 0. The molecule has 0 radical (unpaired) electrons. The fourth-order valence-electron chi connectivity index (χ4n) is 2.40.